The number of carboxylic acid groups (broad SMARTS) is 2. The van der Waals surface area contributed by atoms with Crippen molar-refractivity contribution in [3.63, 3.8) is 0 Å². The fourth-order valence-corrected chi connectivity index (χ4v) is 6.37. The molecule has 1 heterocycles. The van der Waals surface area contributed by atoms with Crippen molar-refractivity contribution in [3.8, 4) is 0 Å². The van der Waals surface area contributed by atoms with E-state index in [1.54, 1.807) is 55.5 Å². The van der Waals surface area contributed by atoms with E-state index in [0.717, 1.165) is 55.3 Å². The third kappa shape index (κ3) is 75.7. The van der Waals surface area contributed by atoms with E-state index < -0.39 is 91.5 Å². The molecule has 1 saturated heterocycles. The van der Waals surface area contributed by atoms with Gasteiger partial charge < -0.3 is 84.0 Å². The van der Waals surface area contributed by atoms with Gasteiger partial charge in [0.25, 0.3) is 0 Å². The van der Waals surface area contributed by atoms with E-state index in [4.69, 9.17) is 87.2 Å². The Morgan fingerprint density at radius 1 is 0.581 bits per heavy atom. The maximum atomic E-state index is 12.1. The number of ether oxygens (including phenoxy) is 1. The number of nitrogens with two attached hydrogens (primary N) is 1. The molecule has 5 atom stereocenters. The number of epoxide rings is 1. The monoisotopic (exact) mass is 1730 g/mol. The average molecular weight is 1730 g/mol. The summed E-state index contributed by atoms with van der Waals surface area (Å²) in [7, 11) is -5.85. The number of aliphatic hydroxyl groups is 4. The van der Waals surface area contributed by atoms with Crippen molar-refractivity contribution in [2.75, 3.05) is 44.3 Å². The maximum Gasteiger partial charge on any atom is 1.00 e. The molecule has 7 aromatic rings. The molecular weight excluding hydrogens is 1640 g/mol. The molecular formula is C67H89BFIN2NaO25S7. The van der Waals surface area contributed by atoms with E-state index >= 15 is 0 Å². The van der Waals surface area contributed by atoms with Crippen molar-refractivity contribution in [3.05, 3.63) is 249 Å². The van der Waals surface area contributed by atoms with E-state index in [0.29, 0.717) is 40.0 Å². The summed E-state index contributed by atoms with van der Waals surface area (Å²) in [6, 6.07) is 54.1. The third-order valence-corrected chi connectivity index (χ3v) is 12.1. The molecule has 7 aromatic carbocycles. The first-order valence-corrected chi connectivity index (χ1v) is 37.2. The average Bonchev–Trinajstić information content (AvgIpc) is 1.73. The van der Waals surface area contributed by atoms with E-state index in [2.05, 4.69) is 88.6 Å². The second-order valence-corrected chi connectivity index (χ2v) is 24.6. The molecule has 577 valence electrons. The predicted octanol–water partition coefficient (Wildman–Crippen LogP) is -0.837. The number of hydrogen-bond acceptors (Lipinski definition) is 24. The van der Waals surface area contributed by atoms with Gasteiger partial charge in [-0.2, -0.15) is 42.1 Å². The largest absolute Gasteiger partial charge is 1.00 e. The summed E-state index contributed by atoms with van der Waals surface area (Å²) >= 11 is -3.00. The van der Waals surface area contributed by atoms with Crippen LogP contribution >= 0.6 is 0 Å². The van der Waals surface area contributed by atoms with Crippen LogP contribution in [0.1, 0.15) is 136 Å². The van der Waals surface area contributed by atoms with Gasteiger partial charge in [-0.15, -0.1) is 0 Å². The Morgan fingerprint density at radius 3 is 1.09 bits per heavy atom. The Morgan fingerprint density at radius 2 is 0.848 bits per heavy atom. The summed E-state index contributed by atoms with van der Waals surface area (Å²) in [5.41, 5.74) is 20.2. The van der Waals surface area contributed by atoms with Gasteiger partial charge in [-0.05, 0) is 105 Å². The molecule has 0 aromatic heterocycles. The van der Waals surface area contributed by atoms with Crippen LogP contribution in [0.5, 0.6) is 0 Å². The van der Waals surface area contributed by atoms with Crippen LogP contribution in [0.3, 0.4) is 0 Å². The van der Waals surface area contributed by atoms with Crippen molar-refractivity contribution in [2.24, 2.45) is 5.73 Å². The Labute approximate surface area is 672 Å². The van der Waals surface area contributed by atoms with Crippen molar-refractivity contribution in [1.29, 1.82) is 0 Å². The minimum atomic E-state index is -4.67. The molecule has 3 radical (unpaired) electrons. The Kier molecular flexibility index (Phi) is 87.9. The molecule has 1 aliphatic heterocycles. The summed E-state index contributed by atoms with van der Waals surface area (Å²) in [5.74, 6) is -2.80. The van der Waals surface area contributed by atoms with Gasteiger partial charge in [0.2, 0.25) is 0 Å². The zero-order valence-electron chi connectivity index (χ0n) is 59.0. The van der Waals surface area contributed by atoms with Crippen molar-refractivity contribution < 1.29 is 178 Å². The Hall–Kier alpha value is -6.29. The standard InChI is InChI=1S/2C10H15NO.C10H12O.C9H10O.2C8H8O3.C7H5FO.C3H9S.C2H5O2S.B.HI.Na.H2O4S.4O2S/c2*1-2-8-3-5-9(6-4-8)10(11)7-12;1-2-8-3-5-9(6-4-8)10-7-11-10;1-2-8-3-5-9(7-10)6-4-8;2*9-7(8(10)11)6-4-2-1-3-5-6;8-7-3-1-6(5-9)2-4-7;1-4(2)3;1-2-5(3)4;;;;1-5(2,3)4;4*1-3-2/h2*3-6,10,12H,2,7,11H2,1H3;3-6,10H,2,7H2,1H3;3-7H,2H2,1H3;2*1-5,7,9H,(H,10,11);1-5H;1-3H3;2H2,1H3;;1H;;(H2,1,2,3,4);;;;/q;;;;;;;+1;-1;;;+1;;;;;/p-1/t10-;;;;2*7-;;;;;;;;;;;/m0...11.........../s1. The smallest absolute Gasteiger partial charge is 1.00 e. The van der Waals surface area contributed by atoms with Crippen LogP contribution in [0.15, 0.2) is 182 Å². The molecule has 27 nitrogen and oxygen atoms in total. The molecule has 1 aliphatic rings. The number of rotatable bonds is 16. The molecule has 12 N–H and O–H groups in total. The molecule has 105 heavy (non-hydrogen) atoms. The number of carbonyl (C=O) groups is 4. The van der Waals surface area contributed by atoms with Gasteiger partial charge in [0.05, 0.1) is 50.6 Å². The zero-order chi connectivity index (χ0) is 79.4. The van der Waals surface area contributed by atoms with Crippen LogP contribution in [0.25, 0.3) is 0 Å². The second kappa shape index (κ2) is 78.8. The number of aliphatic hydroxyl groups excluding tert-OH is 4. The van der Waals surface area contributed by atoms with Crippen molar-refractivity contribution in [1.82, 2.24) is 0 Å². The van der Waals surface area contributed by atoms with E-state index in [-0.39, 0.29) is 98.8 Å². The van der Waals surface area contributed by atoms with Crippen LogP contribution < -0.4 is 70.1 Å². The predicted molar refractivity (Wildman–Crippen MR) is 391 cm³/mol. The first-order chi connectivity index (χ1) is 48.2. The minimum Gasteiger partial charge on any atom is -1.00 e. The van der Waals surface area contributed by atoms with E-state index in [1.165, 1.54) is 64.2 Å². The number of aldehydes is 2. The van der Waals surface area contributed by atoms with Gasteiger partial charge in [0.1, 0.15) is 36.6 Å². The molecule has 0 amide bonds. The molecule has 0 aliphatic carbocycles. The molecule has 1 fully saturated rings. The normalized spacial score (nSPS) is 11.3. The number of aryl methyl sites for hydroxylation is 4. The van der Waals surface area contributed by atoms with Crippen molar-refractivity contribution >= 4 is 111 Å². The van der Waals surface area contributed by atoms with Crippen LogP contribution in [0.4, 0.5) is 4.39 Å². The first-order valence-electron chi connectivity index (χ1n) is 29.5. The van der Waals surface area contributed by atoms with Gasteiger partial charge in [0.15, 0.2) is 6.10 Å². The summed E-state index contributed by atoms with van der Waals surface area (Å²) in [6.07, 6.45) is 9.84. The van der Waals surface area contributed by atoms with Gasteiger partial charge in [-0.1, -0.05) is 209 Å². The van der Waals surface area contributed by atoms with E-state index in [9.17, 15) is 37.1 Å². The fourth-order valence-electron chi connectivity index (χ4n) is 6.37. The quantitative estimate of drug-likeness (QED) is 0.0108. The molecule has 0 spiro atoms. The summed E-state index contributed by atoms with van der Waals surface area (Å²) in [6.45, 7) is 11.1. The Bertz CT molecular complexity index is 3470. The zero-order valence-corrected chi connectivity index (χ0v) is 68.8. The number of aliphatic carboxylic acids is 2. The third-order valence-electron chi connectivity index (χ3n) is 11.6. The first kappa shape index (κ1) is 117. The van der Waals surface area contributed by atoms with Crippen LogP contribution in [0.2, 0.25) is 0 Å². The number of halogens is 2. The SMILES string of the molecule is CC[S-](=O)=O.CCc1ccc(C(N)CO)cc1.CCc1ccc(C2CO2)cc1.CCc1ccc(C=O)cc1.CCc1ccc([C@@H]([NH3+])CO)cc1.C[S+](C)C.O=C(O)[C@H](O)c1ccccc1.O=C([O-])[C@H](O)c1ccccc1.O=Cc1ccc(F)cc1.O=S(=O)(O)O.O=S=O.O=S=O.O=S=O.O=S=O.[B].[I-].[Na+]. The van der Waals surface area contributed by atoms with Gasteiger partial charge in [-0.25, -0.2) is 9.18 Å². The Balaban J connectivity index is -0.000000138. The summed E-state index contributed by atoms with van der Waals surface area (Å²) in [5, 5.41) is 54.1. The fraction of sp³-hybridized carbons (Fsp3) is 0.313. The number of carbonyl (C=O) groups excluding carboxylic acids is 3. The summed E-state index contributed by atoms with van der Waals surface area (Å²) < 4.78 is 134. The van der Waals surface area contributed by atoms with E-state index in [1.807, 2.05) is 60.7 Å². The second-order valence-electron chi connectivity index (χ2n) is 19.5. The van der Waals surface area contributed by atoms with Crippen molar-refractivity contribution in [2.45, 2.75) is 90.7 Å². The maximum absolute atomic E-state index is 12.1. The number of benzene rings is 7. The van der Waals surface area contributed by atoms with Crippen LogP contribution in [-0.4, -0.2) is 154 Å². The summed E-state index contributed by atoms with van der Waals surface area (Å²) in [4.78, 5) is 40.6. The molecule has 0 saturated carbocycles. The topological polar surface area (TPSA) is 504 Å². The number of hydrogen-bond donors (Lipinski definition) is 9. The number of quaternary nitrogens is 1. The van der Waals surface area contributed by atoms with Crippen LogP contribution in [0, 0.1) is 5.82 Å². The van der Waals surface area contributed by atoms with Gasteiger partial charge in [0, 0.05) is 25.1 Å². The van der Waals surface area contributed by atoms with Gasteiger partial charge in [-0.3, -0.25) is 18.7 Å². The number of carboxylic acids is 2. The molecule has 38 heteroatoms. The van der Waals surface area contributed by atoms with Crippen LogP contribution in [-0.2, 0) is 127 Å². The molecule has 0 bridgehead atoms. The molecule has 8 rings (SSSR count). The molecule has 2 unspecified atom stereocenters. The van der Waals surface area contributed by atoms with Gasteiger partial charge >= 0.3 is 92.2 Å². The minimum absolute atomic E-state index is 0.